The molecule has 0 bridgehead atoms. The summed E-state index contributed by atoms with van der Waals surface area (Å²) in [4.78, 5) is 16.3. The number of rotatable bonds is 2. The first kappa shape index (κ1) is 13.6. The zero-order valence-electron chi connectivity index (χ0n) is 11.0. The Kier molecular flexibility index (Phi) is 4.18. The minimum atomic E-state index is -0.312. The first-order chi connectivity index (χ1) is 9.11. The topological polar surface area (TPSA) is 23.6 Å². The van der Waals surface area contributed by atoms with E-state index in [4.69, 9.17) is 6.42 Å². The minimum Gasteiger partial charge on any atom is -0.336 e. The van der Waals surface area contributed by atoms with E-state index in [-0.39, 0.29) is 11.7 Å². The molecule has 1 amide bonds. The van der Waals surface area contributed by atoms with E-state index in [1.54, 1.807) is 17.9 Å². The van der Waals surface area contributed by atoms with Crippen LogP contribution in [-0.2, 0) is 0 Å². The molecule has 1 heterocycles. The standard InChI is InChI=1S/C15H17FN2O/c1-3-6-17-7-9-18(10-8-17)15(19)14-5-4-13(16)11-12(14)2/h1,4-5,11H,6-10H2,2H3. The van der Waals surface area contributed by atoms with Gasteiger partial charge in [-0.15, -0.1) is 6.42 Å². The number of nitrogens with zero attached hydrogens (tertiary/aromatic N) is 2. The number of piperazine rings is 1. The Balaban J connectivity index is 2.03. The lowest BCUT2D eigenvalue weighted by atomic mass is 10.1. The third-order valence-electron chi connectivity index (χ3n) is 3.39. The van der Waals surface area contributed by atoms with Gasteiger partial charge in [-0.2, -0.15) is 0 Å². The van der Waals surface area contributed by atoms with E-state index in [0.29, 0.717) is 30.8 Å². The minimum absolute atomic E-state index is 0.0298. The molecular formula is C15H17FN2O. The van der Waals surface area contributed by atoms with Crippen LogP contribution in [0.25, 0.3) is 0 Å². The highest BCUT2D eigenvalue weighted by Gasteiger charge is 2.22. The van der Waals surface area contributed by atoms with Crippen molar-refractivity contribution in [2.24, 2.45) is 0 Å². The summed E-state index contributed by atoms with van der Waals surface area (Å²) < 4.78 is 13.0. The van der Waals surface area contributed by atoms with Crippen LogP contribution >= 0.6 is 0 Å². The zero-order valence-corrected chi connectivity index (χ0v) is 11.0. The molecule has 1 saturated heterocycles. The van der Waals surface area contributed by atoms with E-state index in [9.17, 15) is 9.18 Å². The Bertz CT molecular complexity index is 513. The molecule has 0 N–H and O–H groups in total. The van der Waals surface area contributed by atoms with Crippen molar-refractivity contribution >= 4 is 5.91 Å². The molecular weight excluding hydrogens is 243 g/mol. The van der Waals surface area contributed by atoms with E-state index in [1.165, 1.54) is 12.1 Å². The van der Waals surface area contributed by atoms with Gasteiger partial charge in [0.25, 0.3) is 5.91 Å². The molecule has 1 fully saturated rings. The summed E-state index contributed by atoms with van der Waals surface area (Å²) in [6.45, 7) is 5.28. The van der Waals surface area contributed by atoms with Crippen molar-refractivity contribution < 1.29 is 9.18 Å². The number of carbonyl (C=O) groups is 1. The number of terminal acetylenes is 1. The Morgan fingerprint density at radius 3 is 2.63 bits per heavy atom. The van der Waals surface area contributed by atoms with Gasteiger partial charge in [-0.25, -0.2) is 4.39 Å². The van der Waals surface area contributed by atoms with Crippen molar-refractivity contribution in [1.29, 1.82) is 0 Å². The summed E-state index contributed by atoms with van der Waals surface area (Å²) in [6.07, 6.45) is 5.27. The van der Waals surface area contributed by atoms with Crippen LogP contribution in [0.15, 0.2) is 18.2 Å². The number of amides is 1. The fourth-order valence-corrected chi connectivity index (χ4v) is 2.28. The van der Waals surface area contributed by atoms with E-state index >= 15 is 0 Å². The normalized spacial score (nSPS) is 16.2. The molecule has 4 heteroatoms. The SMILES string of the molecule is C#CCN1CCN(C(=O)c2ccc(F)cc2C)CC1. The highest BCUT2D eigenvalue weighted by Crippen LogP contribution is 2.14. The highest BCUT2D eigenvalue weighted by molar-refractivity contribution is 5.95. The van der Waals surface area contributed by atoms with Crippen LogP contribution in [0, 0.1) is 25.1 Å². The van der Waals surface area contributed by atoms with Gasteiger partial charge in [-0.05, 0) is 30.7 Å². The molecule has 0 aliphatic carbocycles. The van der Waals surface area contributed by atoms with Gasteiger partial charge >= 0.3 is 0 Å². The lowest BCUT2D eigenvalue weighted by Gasteiger charge is -2.34. The molecule has 0 saturated carbocycles. The smallest absolute Gasteiger partial charge is 0.254 e. The van der Waals surface area contributed by atoms with Crippen LogP contribution in [0.4, 0.5) is 4.39 Å². The van der Waals surface area contributed by atoms with Gasteiger partial charge < -0.3 is 4.90 Å². The number of aryl methyl sites for hydroxylation is 1. The van der Waals surface area contributed by atoms with Gasteiger partial charge in [-0.3, -0.25) is 9.69 Å². The molecule has 0 spiro atoms. The van der Waals surface area contributed by atoms with Gasteiger partial charge in [0, 0.05) is 31.7 Å². The van der Waals surface area contributed by atoms with Crippen molar-refractivity contribution in [3.63, 3.8) is 0 Å². The van der Waals surface area contributed by atoms with Gasteiger partial charge in [-0.1, -0.05) is 5.92 Å². The fraction of sp³-hybridized carbons (Fsp3) is 0.400. The van der Waals surface area contributed by atoms with Crippen LogP contribution in [-0.4, -0.2) is 48.4 Å². The Morgan fingerprint density at radius 1 is 1.37 bits per heavy atom. The Hall–Kier alpha value is -1.86. The lowest BCUT2D eigenvalue weighted by molar-refractivity contribution is 0.0651. The van der Waals surface area contributed by atoms with Gasteiger partial charge in [0.2, 0.25) is 0 Å². The quantitative estimate of drug-likeness (QED) is 0.753. The molecule has 1 aromatic rings. The summed E-state index contributed by atoms with van der Waals surface area (Å²) in [7, 11) is 0. The second kappa shape index (κ2) is 5.85. The van der Waals surface area contributed by atoms with Crippen LogP contribution in [0.2, 0.25) is 0 Å². The van der Waals surface area contributed by atoms with E-state index in [1.807, 2.05) is 0 Å². The second-order valence-electron chi connectivity index (χ2n) is 4.73. The first-order valence-corrected chi connectivity index (χ1v) is 6.33. The fourth-order valence-electron chi connectivity index (χ4n) is 2.28. The number of halogens is 1. The molecule has 1 aliphatic rings. The van der Waals surface area contributed by atoms with Crippen molar-refractivity contribution in [3.8, 4) is 12.3 Å². The molecule has 1 aliphatic heterocycles. The molecule has 3 nitrogen and oxygen atoms in total. The third-order valence-corrected chi connectivity index (χ3v) is 3.39. The van der Waals surface area contributed by atoms with Crippen molar-refractivity contribution in [2.75, 3.05) is 32.7 Å². The summed E-state index contributed by atoms with van der Waals surface area (Å²) in [5, 5.41) is 0. The summed E-state index contributed by atoms with van der Waals surface area (Å²) in [5.41, 5.74) is 1.25. The summed E-state index contributed by atoms with van der Waals surface area (Å²) in [6, 6.07) is 4.28. The van der Waals surface area contributed by atoms with E-state index in [0.717, 1.165) is 13.1 Å². The van der Waals surface area contributed by atoms with Gasteiger partial charge in [0.05, 0.1) is 6.54 Å². The zero-order chi connectivity index (χ0) is 13.8. The Morgan fingerprint density at radius 2 is 2.05 bits per heavy atom. The van der Waals surface area contributed by atoms with Crippen molar-refractivity contribution in [3.05, 3.63) is 35.1 Å². The van der Waals surface area contributed by atoms with Crippen LogP contribution in [0.3, 0.4) is 0 Å². The van der Waals surface area contributed by atoms with Crippen LogP contribution in [0.5, 0.6) is 0 Å². The van der Waals surface area contributed by atoms with E-state index < -0.39 is 0 Å². The largest absolute Gasteiger partial charge is 0.336 e. The van der Waals surface area contributed by atoms with Crippen LogP contribution < -0.4 is 0 Å². The molecule has 100 valence electrons. The molecule has 2 rings (SSSR count). The number of benzene rings is 1. The predicted octanol–water partition coefficient (Wildman–Crippen LogP) is 1.53. The molecule has 0 atom stereocenters. The summed E-state index contributed by atoms with van der Waals surface area (Å²) >= 11 is 0. The van der Waals surface area contributed by atoms with Gasteiger partial charge in [0.1, 0.15) is 5.82 Å². The average Bonchev–Trinajstić information content (AvgIpc) is 2.39. The number of hydrogen-bond donors (Lipinski definition) is 0. The predicted molar refractivity (Wildman–Crippen MR) is 72.3 cm³/mol. The number of carbonyl (C=O) groups excluding carboxylic acids is 1. The molecule has 0 aromatic heterocycles. The van der Waals surface area contributed by atoms with Gasteiger partial charge in [0.15, 0.2) is 0 Å². The number of hydrogen-bond acceptors (Lipinski definition) is 2. The van der Waals surface area contributed by atoms with E-state index in [2.05, 4.69) is 10.8 Å². The van der Waals surface area contributed by atoms with Crippen molar-refractivity contribution in [1.82, 2.24) is 9.80 Å². The maximum absolute atomic E-state index is 13.0. The van der Waals surface area contributed by atoms with Crippen LogP contribution in [0.1, 0.15) is 15.9 Å². The average molecular weight is 260 g/mol. The monoisotopic (exact) mass is 260 g/mol. The molecule has 1 aromatic carbocycles. The lowest BCUT2D eigenvalue weighted by Crippen LogP contribution is -2.48. The maximum Gasteiger partial charge on any atom is 0.254 e. The second-order valence-corrected chi connectivity index (χ2v) is 4.73. The van der Waals surface area contributed by atoms with Crippen molar-refractivity contribution in [2.45, 2.75) is 6.92 Å². The third kappa shape index (κ3) is 3.12. The molecule has 0 radical (unpaired) electrons. The Labute approximate surface area is 113 Å². The molecule has 0 unspecified atom stereocenters. The summed E-state index contributed by atoms with van der Waals surface area (Å²) in [5.74, 6) is 2.27. The highest BCUT2D eigenvalue weighted by atomic mass is 19.1. The first-order valence-electron chi connectivity index (χ1n) is 6.33. The maximum atomic E-state index is 13.0. The molecule has 19 heavy (non-hydrogen) atoms.